The van der Waals surface area contributed by atoms with Crippen molar-refractivity contribution in [2.75, 3.05) is 26.3 Å². The van der Waals surface area contributed by atoms with Crippen molar-refractivity contribution < 1.29 is 27.5 Å². The lowest BCUT2D eigenvalue weighted by atomic mass is 9.73. The van der Waals surface area contributed by atoms with Gasteiger partial charge in [0, 0.05) is 13.1 Å². The Morgan fingerprint density at radius 3 is 2.13 bits per heavy atom. The van der Waals surface area contributed by atoms with Crippen LogP contribution in [0.4, 0.5) is 0 Å². The van der Waals surface area contributed by atoms with E-state index in [9.17, 15) is 23.3 Å². The second kappa shape index (κ2) is 27.9. The van der Waals surface area contributed by atoms with Crippen molar-refractivity contribution in [1.82, 2.24) is 4.90 Å². The summed E-state index contributed by atoms with van der Waals surface area (Å²) in [7, 11) is -3.88. The molecule has 1 aromatic carbocycles. The first-order valence-corrected chi connectivity index (χ1v) is 22.4. The SMILES string of the molecule is CCCCC(CC)CCC1=C/C(=C(/C#N)C(=O)OCC)CC(C)(C)C1.CCCCCCCCOC(=O)C(/C=C/C=C/N(CC)CC)S(=O)(=O)c1ccccc1. The fourth-order valence-corrected chi connectivity index (χ4v) is 8.17. The van der Waals surface area contributed by atoms with E-state index < -0.39 is 27.0 Å². The van der Waals surface area contributed by atoms with E-state index in [4.69, 9.17) is 9.47 Å². The monoisotopic (exact) mass is 781 g/mol. The summed E-state index contributed by atoms with van der Waals surface area (Å²) in [6.07, 6.45) is 24.3. The zero-order chi connectivity index (χ0) is 41.1. The highest BCUT2D eigenvalue weighted by Gasteiger charge is 2.33. The smallest absolute Gasteiger partial charge is 0.349 e. The molecule has 0 saturated carbocycles. The average Bonchev–Trinajstić information content (AvgIpc) is 3.16. The molecule has 2 rings (SSSR count). The molecule has 0 fully saturated rings. The molecular formula is C46H72N2O6S. The summed E-state index contributed by atoms with van der Waals surface area (Å²) in [5.74, 6) is -0.429. The van der Waals surface area contributed by atoms with Crippen LogP contribution in [0.1, 0.15) is 145 Å². The molecule has 0 bridgehead atoms. The zero-order valence-corrected chi connectivity index (χ0v) is 36.2. The van der Waals surface area contributed by atoms with Crippen molar-refractivity contribution in [2.45, 2.75) is 155 Å². The molecule has 0 spiro atoms. The van der Waals surface area contributed by atoms with Crippen molar-refractivity contribution in [3.63, 3.8) is 0 Å². The van der Waals surface area contributed by atoms with Gasteiger partial charge in [-0.25, -0.2) is 13.2 Å². The van der Waals surface area contributed by atoms with Crippen molar-refractivity contribution in [3.05, 3.63) is 77.6 Å². The molecule has 0 heterocycles. The van der Waals surface area contributed by atoms with E-state index in [1.165, 1.54) is 75.1 Å². The van der Waals surface area contributed by atoms with E-state index in [-0.39, 0.29) is 22.5 Å². The molecule has 0 amide bonds. The van der Waals surface area contributed by atoms with Crippen molar-refractivity contribution in [1.29, 1.82) is 5.26 Å². The minimum Gasteiger partial charge on any atom is -0.464 e. The van der Waals surface area contributed by atoms with Gasteiger partial charge in [-0.05, 0) is 94.2 Å². The van der Waals surface area contributed by atoms with E-state index in [1.54, 1.807) is 37.3 Å². The van der Waals surface area contributed by atoms with Crippen molar-refractivity contribution in [3.8, 4) is 6.07 Å². The summed E-state index contributed by atoms with van der Waals surface area (Å²) in [6.45, 7) is 19.2. The third kappa shape index (κ3) is 19.2. The van der Waals surface area contributed by atoms with Crippen LogP contribution in [0, 0.1) is 22.7 Å². The van der Waals surface area contributed by atoms with Gasteiger partial charge < -0.3 is 14.4 Å². The molecular weight excluding hydrogens is 709 g/mol. The third-order valence-electron chi connectivity index (χ3n) is 9.97. The maximum absolute atomic E-state index is 13.0. The summed E-state index contributed by atoms with van der Waals surface area (Å²) in [5.41, 5.74) is 2.50. The maximum atomic E-state index is 13.0. The van der Waals surface area contributed by atoms with Gasteiger partial charge in [0.25, 0.3) is 0 Å². The lowest BCUT2D eigenvalue weighted by Gasteiger charge is -2.32. The molecule has 9 heteroatoms. The number of nitriles is 1. The Kier molecular flexibility index (Phi) is 25.0. The number of allylic oxidation sites excluding steroid dienone is 5. The molecule has 0 radical (unpaired) electrons. The van der Waals surface area contributed by atoms with Crippen LogP contribution < -0.4 is 0 Å². The Hall–Kier alpha value is -3.64. The van der Waals surface area contributed by atoms with Crippen LogP contribution in [0.5, 0.6) is 0 Å². The number of esters is 2. The summed E-state index contributed by atoms with van der Waals surface area (Å²) >= 11 is 0. The standard InChI is InChI=1S/C24H37NO4S.C22H35NO2/c1-4-7-8-9-10-16-21-29-24(26)23(19-14-15-20-25(5-2)6-3)30(27,28)22-17-12-11-13-18-22;1-6-9-10-17(7-2)11-12-18-13-19(15-22(4,5)14-18)20(16-23)21(24)25-8-3/h11-15,17-20,23H,4-10,16,21H2,1-3H3;13,17H,6-12,14-15H2,1-5H3/b19-14+,20-15+;20-19+. The summed E-state index contributed by atoms with van der Waals surface area (Å²) in [4.78, 5) is 26.9. The molecule has 0 aliphatic heterocycles. The quantitative estimate of drug-likeness (QED) is 0.0335. The number of unbranched alkanes of at least 4 members (excludes halogenated alkanes) is 6. The Labute approximate surface area is 335 Å². The van der Waals surface area contributed by atoms with E-state index in [2.05, 4.69) is 51.7 Å². The average molecular weight is 781 g/mol. The van der Waals surface area contributed by atoms with Crippen molar-refractivity contribution in [2.24, 2.45) is 11.3 Å². The number of sulfone groups is 1. The molecule has 55 heavy (non-hydrogen) atoms. The highest BCUT2D eigenvalue weighted by Crippen LogP contribution is 2.41. The Balaban J connectivity index is 0.000000559. The van der Waals surface area contributed by atoms with Crippen LogP contribution in [-0.4, -0.2) is 56.8 Å². The van der Waals surface area contributed by atoms with Crippen LogP contribution in [0.15, 0.2) is 82.5 Å². The number of nitrogens with zero attached hydrogens (tertiary/aromatic N) is 2. The van der Waals surface area contributed by atoms with E-state index in [0.29, 0.717) is 6.61 Å². The van der Waals surface area contributed by atoms with E-state index in [0.717, 1.165) is 63.1 Å². The number of rotatable bonds is 24. The first-order valence-electron chi connectivity index (χ1n) is 20.9. The normalized spacial score (nSPS) is 16.0. The minimum atomic E-state index is -3.88. The highest BCUT2D eigenvalue weighted by atomic mass is 32.2. The second-order valence-electron chi connectivity index (χ2n) is 15.2. The van der Waals surface area contributed by atoms with Gasteiger partial charge in [0.2, 0.25) is 0 Å². The van der Waals surface area contributed by atoms with Crippen LogP contribution in [-0.2, 0) is 28.9 Å². The number of benzene rings is 1. The number of hydrogen-bond donors (Lipinski definition) is 0. The summed E-state index contributed by atoms with van der Waals surface area (Å²) in [6, 6.07) is 10.1. The largest absolute Gasteiger partial charge is 0.464 e. The first kappa shape index (κ1) is 49.4. The molecule has 0 N–H and O–H groups in total. The zero-order valence-electron chi connectivity index (χ0n) is 35.4. The Bertz CT molecular complexity index is 1530. The Morgan fingerprint density at radius 2 is 1.53 bits per heavy atom. The van der Waals surface area contributed by atoms with E-state index in [1.807, 2.05) is 20.0 Å². The fraction of sp³-hybridized carbons (Fsp3) is 0.630. The number of carbonyl (C=O) groups excluding carboxylic acids is 2. The molecule has 2 unspecified atom stereocenters. The molecule has 1 aliphatic carbocycles. The lowest BCUT2D eigenvalue weighted by molar-refractivity contribution is -0.142. The number of hydrogen-bond acceptors (Lipinski definition) is 8. The van der Waals surface area contributed by atoms with Gasteiger partial charge in [-0.3, -0.25) is 4.79 Å². The van der Waals surface area contributed by atoms with Crippen LogP contribution >= 0.6 is 0 Å². The molecule has 8 nitrogen and oxygen atoms in total. The van der Waals surface area contributed by atoms with Gasteiger partial charge in [-0.15, -0.1) is 0 Å². The predicted molar refractivity (Wildman–Crippen MR) is 226 cm³/mol. The van der Waals surface area contributed by atoms with Gasteiger partial charge in [-0.1, -0.05) is 134 Å². The fourth-order valence-electron chi connectivity index (χ4n) is 6.72. The van der Waals surface area contributed by atoms with Gasteiger partial charge >= 0.3 is 11.9 Å². The lowest BCUT2D eigenvalue weighted by Crippen LogP contribution is -2.30. The van der Waals surface area contributed by atoms with Gasteiger partial charge in [0.1, 0.15) is 11.6 Å². The second-order valence-corrected chi connectivity index (χ2v) is 17.2. The van der Waals surface area contributed by atoms with Gasteiger partial charge in [-0.2, -0.15) is 5.26 Å². The highest BCUT2D eigenvalue weighted by molar-refractivity contribution is 7.93. The van der Waals surface area contributed by atoms with Crippen LogP contribution in [0.3, 0.4) is 0 Å². The van der Waals surface area contributed by atoms with Crippen molar-refractivity contribution >= 4 is 21.8 Å². The summed E-state index contributed by atoms with van der Waals surface area (Å²) in [5, 5.41) is 8.09. The molecule has 1 aromatic rings. The van der Waals surface area contributed by atoms with Crippen LogP contribution in [0.2, 0.25) is 0 Å². The predicted octanol–water partition coefficient (Wildman–Crippen LogP) is 11.3. The Morgan fingerprint density at radius 1 is 0.873 bits per heavy atom. The molecule has 2 atom stereocenters. The molecule has 1 aliphatic rings. The van der Waals surface area contributed by atoms with Crippen LogP contribution in [0.25, 0.3) is 0 Å². The van der Waals surface area contributed by atoms with E-state index >= 15 is 0 Å². The van der Waals surface area contributed by atoms with Gasteiger partial charge in [0.15, 0.2) is 15.1 Å². The topological polar surface area (TPSA) is 114 Å². The maximum Gasteiger partial charge on any atom is 0.349 e. The minimum absolute atomic E-state index is 0.0825. The molecule has 0 saturated heterocycles. The first-order chi connectivity index (χ1) is 26.3. The molecule has 308 valence electrons. The summed E-state index contributed by atoms with van der Waals surface area (Å²) < 4.78 is 36.5. The third-order valence-corrected chi connectivity index (χ3v) is 11.9. The molecule has 0 aromatic heterocycles. The van der Waals surface area contributed by atoms with Gasteiger partial charge in [0.05, 0.1) is 18.1 Å². The number of carbonyl (C=O) groups is 2. The number of ether oxygens (including phenoxy) is 2.